The second kappa shape index (κ2) is 8.88. The fourth-order valence-corrected chi connectivity index (χ4v) is 4.81. The molecule has 1 fully saturated rings. The Balaban J connectivity index is 1.64. The lowest BCUT2D eigenvalue weighted by atomic mass is 10.1. The molecule has 1 aliphatic rings. The first-order valence-corrected chi connectivity index (χ1v) is 10.9. The van der Waals surface area contributed by atoms with Gasteiger partial charge in [-0.3, -0.25) is 9.69 Å². The minimum Gasteiger partial charge on any atom is -0.479 e. The first-order valence-electron chi connectivity index (χ1n) is 8.95. The lowest BCUT2D eigenvalue weighted by molar-refractivity contribution is -0.145. The van der Waals surface area contributed by atoms with Crippen LogP contribution in [0.25, 0.3) is 17.4 Å². The standard InChI is InChI=1S/C22H13Cl2NO4S2/c23-13-6-8-16(24)15(10-13)17-9-7-14(29-17)11-18-20(26)25(22(30)31-18)19(21(27)28)12-4-2-1-3-5-12/h1-11,19H,(H,27,28)/b18-11-/t19-/m0/s1. The van der Waals surface area contributed by atoms with Crippen molar-refractivity contribution in [2.45, 2.75) is 6.04 Å². The molecule has 1 N–H and O–H groups in total. The molecular weight excluding hydrogens is 477 g/mol. The van der Waals surface area contributed by atoms with E-state index < -0.39 is 17.9 Å². The molecule has 0 radical (unpaired) electrons. The highest BCUT2D eigenvalue weighted by Gasteiger charge is 2.41. The molecule has 31 heavy (non-hydrogen) atoms. The van der Waals surface area contributed by atoms with Gasteiger partial charge in [0.15, 0.2) is 6.04 Å². The third-order valence-electron chi connectivity index (χ3n) is 4.52. The minimum atomic E-state index is -1.21. The van der Waals surface area contributed by atoms with E-state index in [0.717, 1.165) is 16.7 Å². The molecule has 1 saturated heterocycles. The van der Waals surface area contributed by atoms with Crippen molar-refractivity contribution in [2.75, 3.05) is 0 Å². The number of thioether (sulfide) groups is 1. The Morgan fingerprint density at radius 3 is 2.58 bits per heavy atom. The number of thiocarbonyl (C=S) groups is 1. The molecule has 9 heteroatoms. The van der Waals surface area contributed by atoms with Gasteiger partial charge in [-0.25, -0.2) is 4.79 Å². The lowest BCUT2D eigenvalue weighted by Gasteiger charge is -2.23. The summed E-state index contributed by atoms with van der Waals surface area (Å²) in [4.78, 5) is 26.3. The molecule has 0 unspecified atom stereocenters. The van der Waals surface area contributed by atoms with Crippen molar-refractivity contribution in [3.8, 4) is 11.3 Å². The summed E-state index contributed by atoms with van der Waals surface area (Å²) < 4.78 is 5.98. The summed E-state index contributed by atoms with van der Waals surface area (Å²) >= 11 is 18.6. The monoisotopic (exact) mass is 489 g/mol. The first kappa shape index (κ1) is 21.6. The number of nitrogens with zero attached hydrogens (tertiary/aromatic N) is 1. The van der Waals surface area contributed by atoms with E-state index in [9.17, 15) is 14.7 Å². The number of carbonyl (C=O) groups excluding carboxylic acids is 1. The van der Waals surface area contributed by atoms with Crippen LogP contribution in [-0.2, 0) is 9.59 Å². The van der Waals surface area contributed by atoms with Crippen LogP contribution in [0.4, 0.5) is 0 Å². The molecule has 3 aromatic rings. The zero-order valence-corrected chi connectivity index (χ0v) is 18.8. The normalized spacial score (nSPS) is 16.2. The Morgan fingerprint density at radius 1 is 1.13 bits per heavy atom. The predicted molar refractivity (Wildman–Crippen MR) is 126 cm³/mol. The van der Waals surface area contributed by atoms with Gasteiger partial charge in [-0.05, 0) is 35.9 Å². The number of amides is 1. The third-order valence-corrected chi connectivity index (χ3v) is 6.42. The van der Waals surface area contributed by atoms with E-state index in [1.165, 1.54) is 6.08 Å². The largest absolute Gasteiger partial charge is 0.479 e. The van der Waals surface area contributed by atoms with E-state index in [0.29, 0.717) is 32.7 Å². The number of carboxylic acid groups (broad SMARTS) is 1. The van der Waals surface area contributed by atoms with Crippen LogP contribution in [-0.4, -0.2) is 26.2 Å². The van der Waals surface area contributed by atoms with Crippen molar-refractivity contribution in [1.29, 1.82) is 0 Å². The fourth-order valence-electron chi connectivity index (χ4n) is 3.13. The van der Waals surface area contributed by atoms with E-state index in [4.69, 9.17) is 39.8 Å². The zero-order valence-electron chi connectivity index (χ0n) is 15.6. The number of benzene rings is 2. The van der Waals surface area contributed by atoms with Crippen molar-refractivity contribution in [2.24, 2.45) is 0 Å². The molecular formula is C22H13Cl2NO4S2. The van der Waals surface area contributed by atoms with Gasteiger partial charge in [0.1, 0.15) is 15.8 Å². The van der Waals surface area contributed by atoms with Gasteiger partial charge in [0.2, 0.25) is 0 Å². The van der Waals surface area contributed by atoms with E-state index in [1.807, 2.05) is 0 Å². The maximum absolute atomic E-state index is 13.0. The van der Waals surface area contributed by atoms with Crippen LogP contribution in [0.1, 0.15) is 17.4 Å². The first-order chi connectivity index (χ1) is 14.8. The van der Waals surface area contributed by atoms with E-state index in [-0.39, 0.29) is 9.23 Å². The zero-order chi connectivity index (χ0) is 22.1. The molecule has 4 rings (SSSR count). The van der Waals surface area contributed by atoms with Crippen LogP contribution in [0, 0.1) is 0 Å². The quantitative estimate of drug-likeness (QED) is 0.335. The number of hydrogen-bond acceptors (Lipinski definition) is 5. The Labute approximate surface area is 197 Å². The number of hydrogen-bond donors (Lipinski definition) is 1. The summed E-state index contributed by atoms with van der Waals surface area (Å²) in [6.45, 7) is 0. The molecule has 2 aromatic carbocycles. The molecule has 0 spiro atoms. The van der Waals surface area contributed by atoms with Gasteiger partial charge >= 0.3 is 5.97 Å². The summed E-state index contributed by atoms with van der Waals surface area (Å²) in [5.41, 5.74) is 1.08. The lowest BCUT2D eigenvalue weighted by Crippen LogP contribution is -2.37. The van der Waals surface area contributed by atoms with Crippen LogP contribution in [0.15, 0.2) is 70.0 Å². The second-order valence-corrected chi connectivity index (χ2v) is 9.05. The van der Waals surface area contributed by atoms with Crippen molar-refractivity contribution >= 4 is 69.5 Å². The van der Waals surface area contributed by atoms with Gasteiger partial charge in [-0.1, -0.05) is 77.5 Å². The highest BCUT2D eigenvalue weighted by atomic mass is 35.5. The molecule has 156 valence electrons. The summed E-state index contributed by atoms with van der Waals surface area (Å²) in [6.07, 6.45) is 1.53. The number of halogens is 2. The van der Waals surface area contributed by atoms with Crippen molar-refractivity contribution in [1.82, 2.24) is 4.90 Å². The van der Waals surface area contributed by atoms with E-state index in [2.05, 4.69) is 0 Å². The average molecular weight is 490 g/mol. The minimum absolute atomic E-state index is 0.164. The van der Waals surface area contributed by atoms with Crippen LogP contribution < -0.4 is 0 Å². The van der Waals surface area contributed by atoms with Crippen molar-refractivity contribution in [3.05, 3.63) is 86.9 Å². The van der Waals surface area contributed by atoms with E-state index in [1.54, 1.807) is 60.7 Å². The molecule has 0 saturated carbocycles. The van der Waals surface area contributed by atoms with Gasteiger partial charge in [0, 0.05) is 16.7 Å². The number of furan rings is 1. The maximum Gasteiger partial charge on any atom is 0.331 e. The summed E-state index contributed by atoms with van der Waals surface area (Å²) in [5.74, 6) is -0.773. The summed E-state index contributed by atoms with van der Waals surface area (Å²) in [5, 5.41) is 10.7. The molecule has 1 aliphatic heterocycles. The van der Waals surface area contributed by atoms with Gasteiger partial charge in [0.05, 0.1) is 9.93 Å². The molecule has 2 heterocycles. The van der Waals surface area contributed by atoms with Gasteiger partial charge in [0.25, 0.3) is 5.91 Å². The van der Waals surface area contributed by atoms with Crippen molar-refractivity contribution < 1.29 is 19.1 Å². The smallest absolute Gasteiger partial charge is 0.331 e. The molecule has 1 amide bonds. The molecule has 1 atom stereocenters. The Morgan fingerprint density at radius 2 is 1.87 bits per heavy atom. The Kier molecular flexibility index (Phi) is 6.20. The number of rotatable bonds is 5. The summed E-state index contributed by atoms with van der Waals surface area (Å²) in [7, 11) is 0. The van der Waals surface area contributed by atoms with Crippen LogP contribution in [0.3, 0.4) is 0 Å². The van der Waals surface area contributed by atoms with Gasteiger partial charge in [-0.2, -0.15) is 0 Å². The van der Waals surface area contributed by atoms with Crippen molar-refractivity contribution in [3.63, 3.8) is 0 Å². The second-order valence-electron chi connectivity index (χ2n) is 6.53. The topological polar surface area (TPSA) is 70.8 Å². The fraction of sp³-hybridized carbons (Fsp3) is 0.0455. The van der Waals surface area contributed by atoms with Crippen LogP contribution in [0.5, 0.6) is 0 Å². The Bertz CT molecular complexity index is 1220. The van der Waals surface area contributed by atoms with Gasteiger partial charge < -0.3 is 9.52 Å². The highest BCUT2D eigenvalue weighted by molar-refractivity contribution is 8.26. The predicted octanol–water partition coefficient (Wildman–Crippen LogP) is 6.28. The molecule has 1 aromatic heterocycles. The van der Waals surface area contributed by atoms with Crippen LogP contribution in [0.2, 0.25) is 10.0 Å². The molecule has 5 nitrogen and oxygen atoms in total. The average Bonchev–Trinajstić information content (AvgIpc) is 3.31. The van der Waals surface area contributed by atoms with E-state index >= 15 is 0 Å². The Hall–Kier alpha value is -2.58. The number of aliphatic carboxylic acids is 1. The number of carbonyl (C=O) groups is 2. The summed E-state index contributed by atoms with van der Waals surface area (Å²) in [6, 6.07) is 15.7. The maximum atomic E-state index is 13.0. The highest BCUT2D eigenvalue weighted by Crippen LogP contribution is 2.39. The third kappa shape index (κ3) is 4.41. The van der Waals surface area contributed by atoms with Crippen LogP contribution >= 0.6 is 47.2 Å². The number of carboxylic acids is 1. The SMILES string of the molecule is O=C(O)[C@H](c1ccccc1)N1C(=O)/C(=C/c2ccc(-c3cc(Cl)ccc3Cl)o2)SC1=S. The van der Waals surface area contributed by atoms with Gasteiger partial charge in [-0.15, -0.1) is 0 Å². The molecule has 0 bridgehead atoms. The molecule has 0 aliphatic carbocycles.